The summed E-state index contributed by atoms with van der Waals surface area (Å²) >= 11 is 0. The molecule has 5 heteroatoms. The summed E-state index contributed by atoms with van der Waals surface area (Å²) in [6, 6.07) is 9.56. The molecule has 2 heterocycles. The highest BCUT2D eigenvalue weighted by molar-refractivity contribution is 5.79. The number of hydrogen-bond acceptors (Lipinski definition) is 4. The number of hydrogen-bond donors (Lipinski definition) is 0. The van der Waals surface area contributed by atoms with E-state index in [-0.39, 0.29) is 11.4 Å². The van der Waals surface area contributed by atoms with Crippen molar-refractivity contribution in [3.8, 4) is 11.6 Å². The molecular formula is C15H13N3O2. The molecule has 3 rings (SSSR count). The number of benzene rings is 1. The van der Waals surface area contributed by atoms with Gasteiger partial charge in [-0.15, -0.1) is 0 Å². The molecule has 0 bridgehead atoms. The van der Waals surface area contributed by atoms with Crippen molar-refractivity contribution in [2.45, 2.75) is 13.5 Å². The fourth-order valence-corrected chi connectivity index (χ4v) is 1.96. The summed E-state index contributed by atoms with van der Waals surface area (Å²) in [4.78, 5) is 20.3. The van der Waals surface area contributed by atoms with Crippen LogP contribution in [0.5, 0.6) is 11.6 Å². The Balaban J connectivity index is 1.99. The SMILES string of the molecule is CCn1ccnc(Oc2cnc3ccccc3c2)c1=O. The topological polar surface area (TPSA) is 57.0 Å². The molecule has 0 atom stereocenters. The first-order valence-corrected chi connectivity index (χ1v) is 6.36. The molecule has 2 aromatic heterocycles. The lowest BCUT2D eigenvalue weighted by Gasteiger charge is -2.06. The van der Waals surface area contributed by atoms with E-state index in [9.17, 15) is 4.79 Å². The van der Waals surface area contributed by atoms with Gasteiger partial charge < -0.3 is 9.30 Å². The van der Waals surface area contributed by atoms with Crippen molar-refractivity contribution >= 4 is 10.9 Å². The molecule has 5 nitrogen and oxygen atoms in total. The van der Waals surface area contributed by atoms with E-state index in [2.05, 4.69) is 9.97 Å². The number of aryl methyl sites for hydroxylation is 1. The van der Waals surface area contributed by atoms with Gasteiger partial charge in [-0.05, 0) is 19.1 Å². The van der Waals surface area contributed by atoms with Gasteiger partial charge in [-0.2, -0.15) is 0 Å². The molecule has 20 heavy (non-hydrogen) atoms. The third-order valence-electron chi connectivity index (χ3n) is 3.00. The summed E-state index contributed by atoms with van der Waals surface area (Å²) < 4.78 is 7.09. The fourth-order valence-electron chi connectivity index (χ4n) is 1.96. The number of aromatic nitrogens is 3. The fraction of sp³-hybridized carbons (Fsp3) is 0.133. The zero-order chi connectivity index (χ0) is 13.9. The molecule has 0 unspecified atom stereocenters. The standard InChI is InChI=1S/C15H13N3O2/c1-2-18-8-7-16-14(15(18)19)20-12-9-11-5-3-4-6-13(11)17-10-12/h3-10H,2H2,1H3. The van der Waals surface area contributed by atoms with Gasteiger partial charge in [-0.25, -0.2) is 4.98 Å². The molecule has 0 saturated heterocycles. The van der Waals surface area contributed by atoms with E-state index in [1.54, 1.807) is 18.6 Å². The van der Waals surface area contributed by atoms with E-state index in [0.717, 1.165) is 10.9 Å². The Hall–Kier alpha value is -2.69. The molecule has 0 aliphatic rings. The van der Waals surface area contributed by atoms with Crippen molar-refractivity contribution in [1.82, 2.24) is 14.5 Å². The van der Waals surface area contributed by atoms with Crippen LogP contribution < -0.4 is 10.3 Å². The van der Waals surface area contributed by atoms with Crippen LogP contribution in [-0.2, 0) is 6.54 Å². The average molecular weight is 267 g/mol. The van der Waals surface area contributed by atoms with E-state index < -0.39 is 0 Å². The first-order chi connectivity index (χ1) is 9.78. The van der Waals surface area contributed by atoms with E-state index >= 15 is 0 Å². The predicted molar refractivity (Wildman–Crippen MR) is 76.0 cm³/mol. The van der Waals surface area contributed by atoms with Gasteiger partial charge >= 0.3 is 5.56 Å². The zero-order valence-corrected chi connectivity index (χ0v) is 11.0. The summed E-state index contributed by atoms with van der Waals surface area (Å²) in [6.07, 6.45) is 4.77. The summed E-state index contributed by atoms with van der Waals surface area (Å²) in [5.41, 5.74) is 0.634. The molecule has 0 aliphatic heterocycles. The van der Waals surface area contributed by atoms with E-state index in [1.165, 1.54) is 4.57 Å². The smallest absolute Gasteiger partial charge is 0.313 e. The maximum atomic E-state index is 12.0. The largest absolute Gasteiger partial charge is 0.433 e. The van der Waals surface area contributed by atoms with Crippen LogP contribution in [0.1, 0.15) is 6.92 Å². The Kier molecular flexibility index (Phi) is 3.16. The van der Waals surface area contributed by atoms with Crippen LogP contribution in [0.3, 0.4) is 0 Å². The molecule has 1 aromatic carbocycles. The summed E-state index contributed by atoms with van der Waals surface area (Å²) in [6.45, 7) is 2.47. The second-order valence-electron chi connectivity index (χ2n) is 4.29. The van der Waals surface area contributed by atoms with Gasteiger partial charge in [-0.1, -0.05) is 18.2 Å². The number of ether oxygens (including phenoxy) is 1. The number of nitrogens with zero attached hydrogens (tertiary/aromatic N) is 3. The molecule has 0 spiro atoms. The van der Waals surface area contributed by atoms with Crippen molar-refractivity contribution in [1.29, 1.82) is 0 Å². The number of pyridine rings is 1. The van der Waals surface area contributed by atoms with Crippen molar-refractivity contribution < 1.29 is 4.74 Å². The second-order valence-corrected chi connectivity index (χ2v) is 4.29. The third-order valence-corrected chi connectivity index (χ3v) is 3.00. The van der Waals surface area contributed by atoms with Gasteiger partial charge in [0, 0.05) is 24.3 Å². The molecule has 0 amide bonds. The molecule has 0 radical (unpaired) electrons. The van der Waals surface area contributed by atoms with Gasteiger partial charge in [0.25, 0.3) is 5.88 Å². The third kappa shape index (κ3) is 2.25. The number of para-hydroxylation sites is 1. The Morgan fingerprint density at radius 2 is 2.10 bits per heavy atom. The highest BCUT2D eigenvalue weighted by Gasteiger charge is 2.07. The molecule has 0 fully saturated rings. The lowest BCUT2D eigenvalue weighted by molar-refractivity contribution is 0.444. The van der Waals surface area contributed by atoms with Crippen molar-refractivity contribution in [3.05, 3.63) is 59.3 Å². The van der Waals surface area contributed by atoms with Gasteiger partial charge in [0.1, 0.15) is 5.75 Å². The van der Waals surface area contributed by atoms with Crippen LogP contribution in [-0.4, -0.2) is 14.5 Å². The summed E-state index contributed by atoms with van der Waals surface area (Å²) in [5, 5.41) is 0.955. The Labute approximate surface area is 115 Å². The maximum Gasteiger partial charge on any atom is 0.313 e. The van der Waals surface area contributed by atoms with Crippen LogP contribution in [0.25, 0.3) is 10.9 Å². The lowest BCUT2D eigenvalue weighted by Crippen LogP contribution is -2.20. The molecule has 0 N–H and O–H groups in total. The molecule has 0 aliphatic carbocycles. The highest BCUT2D eigenvalue weighted by atomic mass is 16.5. The molecular weight excluding hydrogens is 254 g/mol. The normalized spacial score (nSPS) is 10.7. The minimum absolute atomic E-state index is 0.0615. The van der Waals surface area contributed by atoms with Crippen LogP contribution in [0.4, 0.5) is 0 Å². The maximum absolute atomic E-state index is 12.0. The monoisotopic (exact) mass is 267 g/mol. The quantitative estimate of drug-likeness (QED) is 0.732. The second kappa shape index (κ2) is 5.13. The van der Waals surface area contributed by atoms with Gasteiger partial charge in [0.05, 0.1) is 11.7 Å². The predicted octanol–water partition coefficient (Wildman–Crippen LogP) is 2.60. The van der Waals surface area contributed by atoms with Crippen LogP contribution in [0.15, 0.2) is 53.7 Å². The van der Waals surface area contributed by atoms with Crippen molar-refractivity contribution in [2.75, 3.05) is 0 Å². The Morgan fingerprint density at radius 1 is 1.25 bits per heavy atom. The number of rotatable bonds is 3. The van der Waals surface area contributed by atoms with Gasteiger partial charge in [-0.3, -0.25) is 9.78 Å². The van der Waals surface area contributed by atoms with Crippen LogP contribution in [0.2, 0.25) is 0 Å². The van der Waals surface area contributed by atoms with E-state index in [1.807, 2.05) is 37.3 Å². The molecule has 100 valence electrons. The Bertz CT molecular complexity index is 811. The first-order valence-electron chi connectivity index (χ1n) is 6.36. The van der Waals surface area contributed by atoms with E-state index in [0.29, 0.717) is 12.3 Å². The van der Waals surface area contributed by atoms with Crippen molar-refractivity contribution in [3.63, 3.8) is 0 Å². The summed E-state index contributed by atoms with van der Waals surface area (Å²) in [5.74, 6) is 0.564. The zero-order valence-electron chi connectivity index (χ0n) is 11.0. The van der Waals surface area contributed by atoms with Crippen LogP contribution in [0, 0.1) is 0 Å². The summed E-state index contributed by atoms with van der Waals surface area (Å²) in [7, 11) is 0. The van der Waals surface area contributed by atoms with Gasteiger partial charge in [0.2, 0.25) is 0 Å². The molecule has 3 aromatic rings. The van der Waals surface area contributed by atoms with Gasteiger partial charge in [0.15, 0.2) is 0 Å². The van der Waals surface area contributed by atoms with E-state index in [4.69, 9.17) is 4.74 Å². The lowest BCUT2D eigenvalue weighted by atomic mass is 10.2. The minimum atomic E-state index is -0.247. The van der Waals surface area contributed by atoms with Crippen LogP contribution >= 0.6 is 0 Å². The average Bonchev–Trinajstić information content (AvgIpc) is 2.49. The Morgan fingerprint density at radius 3 is 2.95 bits per heavy atom. The highest BCUT2D eigenvalue weighted by Crippen LogP contribution is 2.20. The van der Waals surface area contributed by atoms with Crippen molar-refractivity contribution in [2.24, 2.45) is 0 Å². The molecule has 0 saturated carbocycles. The first kappa shape index (κ1) is 12.3. The number of fused-ring (bicyclic) bond motifs is 1. The minimum Gasteiger partial charge on any atom is -0.433 e.